The van der Waals surface area contributed by atoms with Gasteiger partial charge in [0.25, 0.3) is 0 Å². The highest BCUT2D eigenvalue weighted by Gasteiger charge is 2.76. The molecule has 0 saturated carbocycles. The lowest BCUT2D eigenvalue weighted by atomic mass is 9.70. The number of rotatable bonds is 14. The fraction of sp³-hybridized carbons (Fsp3) is 0.731. The summed E-state index contributed by atoms with van der Waals surface area (Å²) in [5.41, 5.74) is -1.04. The predicted molar refractivity (Wildman–Crippen MR) is 138 cm³/mol. The fourth-order valence-electron chi connectivity index (χ4n) is 6.01. The summed E-state index contributed by atoms with van der Waals surface area (Å²) in [5.74, 6) is -1.80. The summed E-state index contributed by atoms with van der Waals surface area (Å²) >= 11 is 3.71. The topological polar surface area (TPSA) is 90.4 Å². The van der Waals surface area contributed by atoms with Gasteiger partial charge < -0.3 is 24.5 Å². The van der Waals surface area contributed by atoms with Crippen LogP contribution in [0.5, 0.6) is 0 Å². The Morgan fingerprint density at radius 1 is 1.20 bits per heavy atom. The number of halogens is 1. The van der Waals surface area contributed by atoms with Gasteiger partial charge in [0.2, 0.25) is 17.7 Å². The van der Waals surface area contributed by atoms with Crippen LogP contribution in [-0.2, 0) is 19.1 Å². The molecule has 8 nitrogen and oxygen atoms in total. The van der Waals surface area contributed by atoms with E-state index in [9.17, 15) is 19.5 Å². The average Bonchev–Trinajstić information content (AvgIpc) is 3.42. The molecule has 3 unspecified atom stereocenters. The van der Waals surface area contributed by atoms with Crippen LogP contribution >= 0.6 is 15.9 Å². The molecule has 3 aliphatic rings. The van der Waals surface area contributed by atoms with E-state index in [0.717, 1.165) is 19.3 Å². The highest BCUT2D eigenvalue weighted by Crippen LogP contribution is 2.60. The van der Waals surface area contributed by atoms with E-state index in [1.165, 1.54) is 0 Å². The van der Waals surface area contributed by atoms with Crippen LogP contribution in [0, 0.1) is 11.8 Å². The number of ether oxygens (including phenoxy) is 1. The van der Waals surface area contributed by atoms with Crippen LogP contribution in [0.4, 0.5) is 0 Å². The van der Waals surface area contributed by atoms with Crippen LogP contribution < -0.4 is 0 Å². The molecule has 3 aliphatic heterocycles. The van der Waals surface area contributed by atoms with E-state index in [0.29, 0.717) is 45.4 Å². The molecule has 0 aromatic rings. The van der Waals surface area contributed by atoms with E-state index < -0.39 is 29.6 Å². The van der Waals surface area contributed by atoms with E-state index in [4.69, 9.17) is 4.74 Å². The van der Waals surface area contributed by atoms with Crippen LogP contribution in [0.25, 0.3) is 0 Å². The number of amides is 3. The van der Waals surface area contributed by atoms with Crippen LogP contribution in [0.1, 0.15) is 45.4 Å². The van der Waals surface area contributed by atoms with Gasteiger partial charge in [-0.1, -0.05) is 41.4 Å². The van der Waals surface area contributed by atoms with Crippen molar-refractivity contribution in [2.24, 2.45) is 11.8 Å². The number of fused-ring (bicyclic) bond motifs is 1. The van der Waals surface area contributed by atoms with Gasteiger partial charge in [0.1, 0.15) is 11.6 Å². The first kappa shape index (κ1) is 27.9. The van der Waals surface area contributed by atoms with E-state index in [1.54, 1.807) is 33.9 Å². The van der Waals surface area contributed by atoms with E-state index in [1.807, 2.05) is 0 Å². The molecule has 3 rings (SSSR count). The number of nitrogens with zero attached hydrogens (tertiary/aromatic N) is 3. The molecule has 0 radical (unpaired) electrons. The number of alkyl halides is 1. The van der Waals surface area contributed by atoms with Gasteiger partial charge in [-0.05, 0) is 32.1 Å². The van der Waals surface area contributed by atoms with Crippen molar-refractivity contribution in [1.29, 1.82) is 0 Å². The smallest absolute Gasteiger partial charge is 0.248 e. The Balaban J connectivity index is 2.00. The number of hydrogen-bond donors (Lipinski definition) is 1. The Morgan fingerprint density at radius 2 is 1.91 bits per heavy atom. The molecule has 35 heavy (non-hydrogen) atoms. The number of aliphatic hydroxyl groups is 1. The van der Waals surface area contributed by atoms with Crippen molar-refractivity contribution in [3.05, 3.63) is 25.3 Å². The molecule has 6 atom stereocenters. The van der Waals surface area contributed by atoms with Crippen LogP contribution in [0.15, 0.2) is 25.3 Å². The Kier molecular flexibility index (Phi) is 9.57. The maximum Gasteiger partial charge on any atom is 0.248 e. The Morgan fingerprint density at radius 3 is 2.54 bits per heavy atom. The molecule has 3 saturated heterocycles. The first-order valence-electron chi connectivity index (χ1n) is 12.8. The molecule has 2 bridgehead atoms. The van der Waals surface area contributed by atoms with Crippen molar-refractivity contribution < 1.29 is 24.2 Å². The minimum absolute atomic E-state index is 0.0925. The predicted octanol–water partition coefficient (Wildman–Crippen LogP) is 2.36. The molecule has 3 amide bonds. The summed E-state index contributed by atoms with van der Waals surface area (Å²) in [5, 5.41) is 9.18. The monoisotopic (exact) mass is 553 g/mol. The Bertz CT molecular complexity index is 823. The van der Waals surface area contributed by atoms with Crippen molar-refractivity contribution >= 4 is 33.7 Å². The lowest BCUT2D eigenvalue weighted by molar-refractivity contribution is -0.148. The van der Waals surface area contributed by atoms with Gasteiger partial charge in [0.15, 0.2) is 0 Å². The van der Waals surface area contributed by atoms with Crippen molar-refractivity contribution in [2.75, 3.05) is 39.8 Å². The van der Waals surface area contributed by atoms with E-state index >= 15 is 0 Å². The number of unbranched alkanes of at least 4 members (excludes halogenated alkanes) is 3. The zero-order valence-electron chi connectivity index (χ0n) is 21.0. The van der Waals surface area contributed by atoms with Crippen LogP contribution in [0.3, 0.4) is 0 Å². The zero-order valence-corrected chi connectivity index (χ0v) is 22.6. The van der Waals surface area contributed by atoms with Gasteiger partial charge in [-0.15, -0.1) is 13.2 Å². The van der Waals surface area contributed by atoms with Crippen molar-refractivity contribution in [2.45, 2.75) is 68.0 Å². The molecule has 0 aliphatic carbocycles. The summed E-state index contributed by atoms with van der Waals surface area (Å²) in [4.78, 5) is 46.4. The minimum Gasteiger partial charge on any atom is -0.396 e. The quantitative estimate of drug-likeness (QED) is 0.202. The Labute approximate surface area is 217 Å². The summed E-state index contributed by atoms with van der Waals surface area (Å²) in [6.45, 7) is 11.5. The zero-order chi connectivity index (χ0) is 25.8. The van der Waals surface area contributed by atoms with Gasteiger partial charge >= 0.3 is 0 Å². The summed E-state index contributed by atoms with van der Waals surface area (Å²) < 4.78 is 6.56. The van der Waals surface area contributed by atoms with E-state index in [2.05, 4.69) is 36.0 Å². The van der Waals surface area contributed by atoms with Gasteiger partial charge in [0, 0.05) is 44.7 Å². The van der Waals surface area contributed by atoms with Gasteiger partial charge in [-0.25, -0.2) is 0 Å². The summed E-state index contributed by atoms with van der Waals surface area (Å²) in [6.07, 6.45) is 7.27. The molecular formula is C26H40BrN3O5. The number of hydrogen-bond acceptors (Lipinski definition) is 5. The largest absolute Gasteiger partial charge is 0.396 e. The minimum atomic E-state index is -1.04. The van der Waals surface area contributed by atoms with Crippen molar-refractivity contribution in [1.82, 2.24) is 14.7 Å². The summed E-state index contributed by atoms with van der Waals surface area (Å²) in [6, 6.07) is -0.779. The fourth-order valence-corrected chi connectivity index (χ4v) is 6.95. The molecule has 3 heterocycles. The second kappa shape index (κ2) is 12.0. The average molecular weight is 555 g/mol. The first-order valence-corrected chi connectivity index (χ1v) is 13.7. The van der Waals surface area contributed by atoms with Crippen molar-refractivity contribution in [3.63, 3.8) is 0 Å². The third-order valence-corrected chi connectivity index (χ3v) is 8.43. The van der Waals surface area contributed by atoms with Gasteiger partial charge in [-0.3, -0.25) is 14.4 Å². The Hall–Kier alpha value is -1.71. The molecule has 196 valence electrons. The lowest BCUT2D eigenvalue weighted by Gasteiger charge is -2.37. The standard InChI is InChI=1S/C26H40BrN3O5/c1-5-8-14-29(13-7-3)25(34)22-26-17-18(27)21(35-26)19(23(32)28(4)12-6-2)20(26)24(33)30(22)15-10-9-11-16-31/h6-7,18-22,31H,2-3,5,8-17H2,1,4H3/t18?,19-,20+,21-,22?,26?/m1/s1. The van der Waals surface area contributed by atoms with Gasteiger partial charge in [-0.2, -0.15) is 0 Å². The van der Waals surface area contributed by atoms with E-state index in [-0.39, 0.29) is 29.2 Å². The number of aliphatic hydroxyl groups excluding tert-OH is 1. The third-order valence-electron chi connectivity index (χ3n) is 7.59. The lowest BCUT2D eigenvalue weighted by Crippen LogP contribution is -2.57. The molecule has 1 spiro atoms. The molecular weight excluding hydrogens is 514 g/mol. The van der Waals surface area contributed by atoms with Crippen LogP contribution in [0.2, 0.25) is 0 Å². The SMILES string of the molecule is C=CCN(C)C(=O)[C@H]1[C@@H]2OC3(CC2Br)C(C(=O)N(CC=C)CCCC)N(CCCCCO)C(=O)[C@H]13. The highest BCUT2D eigenvalue weighted by atomic mass is 79.9. The third kappa shape index (κ3) is 5.09. The second-order valence-corrected chi connectivity index (χ2v) is 11.1. The molecule has 9 heteroatoms. The maximum absolute atomic E-state index is 14.1. The number of likely N-dealkylation sites (tertiary alicyclic amines) is 1. The number of carbonyl (C=O) groups excluding carboxylic acids is 3. The molecule has 3 fully saturated rings. The first-order chi connectivity index (χ1) is 16.8. The molecule has 0 aromatic carbocycles. The molecule has 0 aromatic heterocycles. The second-order valence-electron chi connectivity index (χ2n) is 9.91. The highest BCUT2D eigenvalue weighted by molar-refractivity contribution is 9.09. The number of likely N-dealkylation sites (N-methyl/N-ethyl adjacent to an activating group) is 1. The van der Waals surface area contributed by atoms with Crippen LogP contribution in [-0.4, -0.2) is 99.9 Å². The summed E-state index contributed by atoms with van der Waals surface area (Å²) in [7, 11) is 1.71. The van der Waals surface area contributed by atoms with Crippen molar-refractivity contribution in [3.8, 4) is 0 Å². The number of carbonyl (C=O) groups is 3. The molecule has 1 N–H and O–H groups in total. The normalized spacial score (nSPS) is 30.9. The maximum atomic E-state index is 14.1. The van der Waals surface area contributed by atoms with Gasteiger partial charge in [0.05, 0.1) is 17.9 Å².